The van der Waals surface area contributed by atoms with Gasteiger partial charge in [0, 0.05) is 23.1 Å². The van der Waals surface area contributed by atoms with E-state index >= 15 is 0 Å². The molecule has 4 aromatic rings. The molecular weight excluding hydrogens is 412 g/mol. The van der Waals surface area contributed by atoms with Gasteiger partial charge in [-0.3, -0.25) is 30.3 Å². The molecule has 1 N–H and O–H groups in total. The highest BCUT2D eigenvalue weighted by atomic mass is 32.1. The first-order valence-electron chi connectivity index (χ1n) is 8.49. The van der Waals surface area contributed by atoms with Crippen molar-refractivity contribution < 1.29 is 14.6 Å². The molecule has 0 spiro atoms. The van der Waals surface area contributed by atoms with Crippen LogP contribution in [0.1, 0.15) is 15.9 Å². The molecule has 1 amide bonds. The maximum Gasteiger partial charge on any atom is 0.279 e. The number of carbonyl (C=O) groups excluding carboxylic acids is 1. The largest absolute Gasteiger partial charge is 0.289 e. The number of carbonyl (C=O) groups is 1. The van der Waals surface area contributed by atoms with Crippen LogP contribution in [0.5, 0.6) is 0 Å². The second kappa shape index (κ2) is 7.33. The Balaban J connectivity index is 1.68. The third-order valence-electron chi connectivity index (χ3n) is 4.38. The number of amides is 1. The molecule has 2 heterocycles. The van der Waals surface area contributed by atoms with Crippen molar-refractivity contribution in [3.8, 4) is 11.3 Å². The van der Waals surface area contributed by atoms with Crippen LogP contribution < -0.4 is 5.32 Å². The summed E-state index contributed by atoms with van der Waals surface area (Å²) in [4.78, 5) is 38.2. The van der Waals surface area contributed by atoms with Gasteiger partial charge < -0.3 is 0 Å². The van der Waals surface area contributed by atoms with Gasteiger partial charge in [0.25, 0.3) is 23.2 Å². The quantitative estimate of drug-likeness (QED) is 0.378. The molecule has 30 heavy (non-hydrogen) atoms. The van der Waals surface area contributed by atoms with Gasteiger partial charge in [-0.25, -0.2) is 4.52 Å². The number of hydrogen-bond donors (Lipinski definition) is 1. The van der Waals surface area contributed by atoms with Crippen molar-refractivity contribution in [2.24, 2.45) is 0 Å². The standard InChI is InChI=1S/C18H12N6O5S/c1-10-13(23(26)27)7-12(8-14(10)24(28)29)16(25)19-17-20-18-22(21-17)15(9-30-18)11-5-3-2-4-6-11/h2-9H,1H3,(H,19,21,25). The van der Waals surface area contributed by atoms with Gasteiger partial charge in [-0.1, -0.05) is 30.3 Å². The summed E-state index contributed by atoms with van der Waals surface area (Å²) in [7, 11) is 0. The molecular formula is C18H12N6O5S. The Bertz CT molecular complexity index is 1280. The number of nitrogens with zero attached hydrogens (tertiary/aromatic N) is 5. The summed E-state index contributed by atoms with van der Waals surface area (Å²) < 4.78 is 1.57. The Morgan fingerprint density at radius 1 is 1.10 bits per heavy atom. The Morgan fingerprint density at radius 3 is 2.33 bits per heavy atom. The second-order valence-electron chi connectivity index (χ2n) is 6.22. The number of thiazole rings is 1. The highest BCUT2D eigenvalue weighted by Gasteiger charge is 2.26. The van der Waals surface area contributed by atoms with Crippen molar-refractivity contribution in [3.05, 3.63) is 79.2 Å². The minimum atomic E-state index is -0.791. The van der Waals surface area contributed by atoms with E-state index in [1.807, 2.05) is 35.7 Å². The predicted octanol–water partition coefficient (Wildman–Crippen LogP) is 3.83. The number of nitrogens with one attached hydrogen (secondary N) is 1. The normalized spacial score (nSPS) is 10.8. The number of benzene rings is 2. The number of anilines is 1. The van der Waals surface area contributed by atoms with Gasteiger partial charge in [-0.15, -0.1) is 16.4 Å². The molecule has 150 valence electrons. The smallest absolute Gasteiger partial charge is 0.279 e. The Morgan fingerprint density at radius 2 is 1.73 bits per heavy atom. The van der Waals surface area contributed by atoms with Gasteiger partial charge in [0.15, 0.2) is 0 Å². The molecule has 0 aliphatic heterocycles. The van der Waals surface area contributed by atoms with E-state index in [1.165, 1.54) is 18.3 Å². The van der Waals surface area contributed by atoms with E-state index < -0.39 is 27.1 Å². The SMILES string of the molecule is Cc1c([N+](=O)[O-])cc(C(=O)Nc2nc3scc(-c4ccccc4)n3n2)cc1[N+](=O)[O-]. The average Bonchev–Trinajstić information content (AvgIpc) is 3.28. The molecule has 0 bridgehead atoms. The number of nitro groups is 2. The lowest BCUT2D eigenvalue weighted by atomic mass is 10.1. The van der Waals surface area contributed by atoms with Gasteiger partial charge in [0.1, 0.15) is 5.56 Å². The van der Waals surface area contributed by atoms with Gasteiger partial charge in [0.05, 0.1) is 21.1 Å². The fourth-order valence-corrected chi connectivity index (χ4v) is 3.74. The fraction of sp³-hybridized carbons (Fsp3) is 0.0556. The first kappa shape index (κ1) is 19.1. The van der Waals surface area contributed by atoms with Crippen molar-refractivity contribution in [2.45, 2.75) is 6.92 Å². The third kappa shape index (κ3) is 3.35. The number of aromatic nitrogens is 3. The second-order valence-corrected chi connectivity index (χ2v) is 7.06. The highest BCUT2D eigenvalue weighted by Crippen LogP contribution is 2.30. The molecule has 0 aliphatic rings. The topological polar surface area (TPSA) is 146 Å². The van der Waals surface area contributed by atoms with Crippen LogP contribution in [-0.2, 0) is 0 Å². The number of nitro benzene ring substituents is 2. The van der Waals surface area contributed by atoms with Crippen molar-refractivity contribution in [1.82, 2.24) is 14.6 Å². The molecule has 0 atom stereocenters. The zero-order valence-corrected chi connectivity index (χ0v) is 16.1. The number of hydrogen-bond acceptors (Lipinski definition) is 8. The maximum absolute atomic E-state index is 12.6. The summed E-state index contributed by atoms with van der Waals surface area (Å²) in [6.45, 7) is 1.26. The third-order valence-corrected chi connectivity index (χ3v) is 5.20. The van der Waals surface area contributed by atoms with Gasteiger partial charge in [-0.2, -0.15) is 4.98 Å². The molecule has 0 saturated carbocycles. The van der Waals surface area contributed by atoms with E-state index in [9.17, 15) is 25.0 Å². The lowest BCUT2D eigenvalue weighted by Gasteiger charge is -2.04. The van der Waals surface area contributed by atoms with Crippen LogP contribution in [0, 0.1) is 27.2 Å². The van der Waals surface area contributed by atoms with E-state index in [1.54, 1.807) is 4.52 Å². The number of fused-ring (bicyclic) bond motifs is 1. The maximum atomic E-state index is 12.6. The lowest BCUT2D eigenvalue weighted by Crippen LogP contribution is -2.14. The summed E-state index contributed by atoms with van der Waals surface area (Å²) >= 11 is 1.33. The molecule has 0 fully saturated rings. The van der Waals surface area contributed by atoms with E-state index in [0.29, 0.717) is 4.96 Å². The van der Waals surface area contributed by atoms with Crippen LogP contribution in [0.25, 0.3) is 16.2 Å². The molecule has 12 heteroatoms. The first-order chi connectivity index (χ1) is 14.3. The molecule has 2 aromatic carbocycles. The molecule has 2 aromatic heterocycles. The molecule has 4 rings (SSSR count). The van der Waals surface area contributed by atoms with Crippen LogP contribution in [0.15, 0.2) is 47.8 Å². The van der Waals surface area contributed by atoms with E-state index in [0.717, 1.165) is 23.4 Å². The Kier molecular flexibility index (Phi) is 4.68. The molecule has 0 radical (unpaired) electrons. The molecule has 0 saturated heterocycles. The van der Waals surface area contributed by atoms with E-state index in [2.05, 4.69) is 15.4 Å². The Hall–Kier alpha value is -4.19. The van der Waals surface area contributed by atoms with E-state index in [4.69, 9.17) is 0 Å². The van der Waals surface area contributed by atoms with Crippen LogP contribution in [0.3, 0.4) is 0 Å². The number of rotatable bonds is 5. The summed E-state index contributed by atoms with van der Waals surface area (Å²) in [5.74, 6) is -0.810. The summed E-state index contributed by atoms with van der Waals surface area (Å²) in [5, 5.41) is 31.0. The fourth-order valence-electron chi connectivity index (χ4n) is 2.91. The lowest BCUT2D eigenvalue weighted by molar-refractivity contribution is -0.395. The zero-order valence-electron chi connectivity index (χ0n) is 15.3. The van der Waals surface area contributed by atoms with Gasteiger partial charge in [-0.05, 0) is 6.92 Å². The average molecular weight is 424 g/mol. The van der Waals surface area contributed by atoms with Crippen LogP contribution >= 0.6 is 11.3 Å². The highest BCUT2D eigenvalue weighted by molar-refractivity contribution is 7.15. The molecule has 0 unspecified atom stereocenters. The minimum absolute atomic E-state index is 0.0186. The van der Waals surface area contributed by atoms with E-state index in [-0.39, 0.29) is 17.1 Å². The van der Waals surface area contributed by atoms with Gasteiger partial charge >= 0.3 is 0 Å². The summed E-state index contributed by atoms with van der Waals surface area (Å²) in [6.07, 6.45) is 0. The zero-order chi connectivity index (χ0) is 21.4. The summed E-state index contributed by atoms with van der Waals surface area (Å²) in [6, 6.07) is 11.5. The van der Waals surface area contributed by atoms with Crippen molar-refractivity contribution in [1.29, 1.82) is 0 Å². The first-order valence-corrected chi connectivity index (χ1v) is 9.37. The molecule has 11 nitrogen and oxygen atoms in total. The minimum Gasteiger partial charge on any atom is -0.289 e. The van der Waals surface area contributed by atoms with Crippen LogP contribution in [0.2, 0.25) is 0 Å². The van der Waals surface area contributed by atoms with Gasteiger partial charge in [0.2, 0.25) is 4.96 Å². The monoisotopic (exact) mass is 424 g/mol. The van der Waals surface area contributed by atoms with Crippen molar-refractivity contribution in [3.63, 3.8) is 0 Å². The van der Waals surface area contributed by atoms with Crippen LogP contribution in [0.4, 0.5) is 17.3 Å². The predicted molar refractivity (Wildman–Crippen MR) is 109 cm³/mol. The Labute approximate surface area is 171 Å². The van der Waals surface area contributed by atoms with Crippen molar-refractivity contribution >= 4 is 39.5 Å². The molecule has 0 aliphatic carbocycles. The van der Waals surface area contributed by atoms with Crippen LogP contribution in [-0.4, -0.2) is 30.4 Å². The van der Waals surface area contributed by atoms with Crippen molar-refractivity contribution in [2.75, 3.05) is 5.32 Å². The summed E-state index contributed by atoms with van der Waals surface area (Å²) in [5.41, 5.74) is 0.302.